The molecular weight excluding hydrogens is 262 g/mol. The standard InChI is InChI=1S/C15H14ClNS/c1-11-4-2-6-13(8-11)15(18)17-10-12-5-3-7-14(16)9-12/h2-9H,10H2,1H3,(H,17,18). The molecule has 0 radical (unpaired) electrons. The molecule has 0 heterocycles. The highest BCUT2D eigenvalue weighted by molar-refractivity contribution is 7.80. The van der Waals surface area contributed by atoms with Crippen LogP contribution in [0.1, 0.15) is 16.7 Å². The van der Waals surface area contributed by atoms with Crippen LogP contribution in [-0.2, 0) is 6.54 Å². The molecule has 2 rings (SSSR count). The van der Waals surface area contributed by atoms with Crippen LogP contribution in [0.2, 0.25) is 5.02 Å². The molecule has 2 aromatic carbocycles. The molecule has 0 aliphatic rings. The number of aryl methyl sites for hydroxylation is 1. The van der Waals surface area contributed by atoms with Gasteiger partial charge in [-0.2, -0.15) is 0 Å². The number of rotatable bonds is 3. The van der Waals surface area contributed by atoms with E-state index in [-0.39, 0.29) is 0 Å². The molecule has 0 amide bonds. The molecule has 3 heteroatoms. The summed E-state index contributed by atoms with van der Waals surface area (Å²) in [6.07, 6.45) is 0. The lowest BCUT2D eigenvalue weighted by Crippen LogP contribution is -2.21. The monoisotopic (exact) mass is 275 g/mol. The Morgan fingerprint density at radius 2 is 1.94 bits per heavy atom. The Morgan fingerprint density at radius 1 is 1.17 bits per heavy atom. The number of nitrogens with one attached hydrogen (secondary N) is 1. The average Bonchev–Trinajstić information content (AvgIpc) is 2.36. The van der Waals surface area contributed by atoms with E-state index in [1.807, 2.05) is 36.4 Å². The summed E-state index contributed by atoms with van der Waals surface area (Å²) in [6, 6.07) is 15.9. The van der Waals surface area contributed by atoms with Crippen LogP contribution in [0.3, 0.4) is 0 Å². The van der Waals surface area contributed by atoms with Gasteiger partial charge in [0.1, 0.15) is 4.99 Å². The zero-order valence-corrected chi connectivity index (χ0v) is 11.7. The quantitative estimate of drug-likeness (QED) is 0.846. The number of halogens is 1. The summed E-state index contributed by atoms with van der Waals surface area (Å²) in [4.78, 5) is 0.763. The summed E-state index contributed by atoms with van der Waals surface area (Å²) in [5.41, 5.74) is 3.38. The molecular formula is C15H14ClNS. The van der Waals surface area contributed by atoms with Crippen molar-refractivity contribution in [3.8, 4) is 0 Å². The van der Waals surface area contributed by atoms with Crippen molar-refractivity contribution in [1.82, 2.24) is 5.32 Å². The van der Waals surface area contributed by atoms with E-state index < -0.39 is 0 Å². The van der Waals surface area contributed by atoms with Crippen LogP contribution in [0.25, 0.3) is 0 Å². The van der Waals surface area contributed by atoms with Crippen LogP contribution in [0.4, 0.5) is 0 Å². The van der Waals surface area contributed by atoms with Crippen molar-refractivity contribution in [2.24, 2.45) is 0 Å². The molecule has 92 valence electrons. The first-order valence-corrected chi connectivity index (χ1v) is 6.53. The van der Waals surface area contributed by atoms with Gasteiger partial charge < -0.3 is 5.32 Å². The van der Waals surface area contributed by atoms with E-state index in [1.165, 1.54) is 5.56 Å². The Morgan fingerprint density at radius 3 is 2.67 bits per heavy atom. The van der Waals surface area contributed by atoms with Gasteiger partial charge in [0.25, 0.3) is 0 Å². The van der Waals surface area contributed by atoms with E-state index in [1.54, 1.807) is 0 Å². The molecule has 0 aliphatic heterocycles. The van der Waals surface area contributed by atoms with E-state index in [2.05, 4.69) is 24.4 Å². The maximum absolute atomic E-state index is 5.94. The normalized spacial score (nSPS) is 10.1. The molecule has 0 spiro atoms. The van der Waals surface area contributed by atoms with Crippen molar-refractivity contribution >= 4 is 28.8 Å². The van der Waals surface area contributed by atoms with Crippen LogP contribution in [0.5, 0.6) is 0 Å². The van der Waals surface area contributed by atoms with E-state index in [9.17, 15) is 0 Å². The van der Waals surface area contributed by atoms with Crippen LogP contribution in [-0.4, -0.2) is 4.99 Å². The summed E-state index contributed by atoms with van der Waals surface area (Å²) < 4.78 is 0. The van der Waals surface area contributed by atoms with Crippen LogP contribution in [0.15, 0.2) is 48.5 Å². The second-order valence-corrected chi connectivity index (χ2v) is 5.03. The smallest absolute Gasteiger partial charge is 0.106 e. The average molecular weight is 276 g/mol. The molecule has 0 unspecified atom stereocenters. The second kappa shape index (κ2) is 5.98. The first-order chi connectivity index (χ1) is 8.65. The van der Waals surface area contributed by atoms with Crippen LogP contribution < -0.4 is 5.32 Å². The Bertz CT molecular complexity index is 566. The molecule has 0 aliphatic carbocycles. The third-order valence-corrected chi connectivity index (χ3v) is 3.24. The second-order valence-electron chi connectivity index (χ2n) is 4.18. The highest BCUT2D eigenvalue weighted by atomic mass is 35.5. The minimum atomic E-state index is 0.688. The van der Waals surface area contributed by atoms with Crippen molar-refractivity contribution in [1.29, 1.82) is 0 Å². The van der Waals surface area contributed by atoms with Gasteiger partial charge in [-0.05, 0) is 30.7 Å². The lowest BCUT2D eigenvalue weighted by atomic mass is 10.1. The van der Waals surface area contributed by atoms with Crippen LogP contribution in [0, 0.1) is 6.92 Å². The maximum atomic E-state index is 5.94. The van der Waals surface area contributed by atoms with Gasteiger partial charge in [0.15, 0.2) is 0 Å². The highest BCUT2D eigenvalue weighted by Crippen LogP contribution is 2.11. The Kier molecular flexibility index (Phi) is 4.34. The van der Waals surface area contributed by atoms with Gasteiger partial charge in [-0.25, -0.2) is 0 Å². The predicted octanol–water partition coefficient (Wildman–Crippen LogP) is 4.11. The van der Waals surface area contributed by atoms with Crippen molar-refractivity contribution in [2.45, 2.75) is 13.5 Å². The van der Waals surface area contributed by atoms with Gasteiger partial charge in [-0.15, -0.1) is 0 Å². The number of benzene rings is 2. The molecule has 0 saturated heterocycles. The summed E-state index contributed by atoms with van der Waals surface area (Å²) in [5, 5.41) is 3.99. The fraction of sp³-hybridized carbons (Fsp3) is 0.133. The molecule has 1 nitrogen and oxygen atoms in total. The zero-order chi connectivity index (χ0) is 13.0. The molecule has 18 heavy (non-hydrogen) atoms. The molecule has 2 aromatic rings. The predicted molar refractivity (Wildman–Crippen MR) is 81.2 cm³/mol. The van der Waals surface area contributed by atoms with E-state index in [4.69, 9.17) is 23.8 Å². The van der Waals surface area contributed by atoms with Gasteiger partial charge in [0.2, 0.25) is 0 Å². The highest BCUT2D eigenvalue weighted by Gasteiger charge is 2.01. The molecule has 0 bridgehead atoms. The molecule has 0 aromatic heterocycles. The minimum absolute atomic E-state index is 0.688. The number of hydrogen-bond acceptors (Lipinski definition) is 1. The molecule has 0 atom stereocenters. The van der Waals surface area contributed by atoms with Gasteiger partial charge in [0, 0.05) is 17.1 Å². The number of thiocarbonyl (C=S) groups is 1. The van der Waals surface area contributed by atoms with Gasteiger partial charge in [-0.3, -0.25) is 0 Å². The minimum Gasteiger partial charge on any atom is -0.372 e. The first-order valence-electron chi connectivity index (χ1n) is 5.74. The topological polar surface area (TPSA) is 12.0 Å². The fourth-order valence-corrected chi connectivity index (χ4v) is 2.13. The van der Waals surface area contributed by atoms with E-state index >= 15 is 0 Å². The van der Waals surface area contributed by atoms with Crippen molar-refractivity contribution in [3.05, 3.63) is 70.2 Å². The largest absolute Gasteiger partial charge is 0.372 e. The number of hydrogen-bond donors (Lipinski definition) is 1. The fourth-order valence-electron chi connectivity index (χ4n) is 1.72. The maximum Gasteiger partial charge on any atom is 0.106 e. The van der Waals surface area contributed by atoms with Crippen molar-refractivity contribution < 1.29 is 0 Å². The molecule has 0 fully saturated rings. The van der Waals surface area contributed by atoms with Gasteiger partial charge in [0.05, 0.1) is 0 Å². The molecule has 0 saturated carbocycles. The SMILES string of the molecule is Cc1cccc(C(=S)NCc2cccc(Cl)c2)c1. The Labute approximate surface area is 118 Å². The third kappa shape index (κ3) is 3.56. The summed E-state index contributed by atoms with van der Waals surface area (Å²) >= 11 is 11.3. The molecule has 1 N–H and O–H groups in total. The first kappa shape index (κ1) is 13.1. The van der Waals surface area contributed by atoms with Gasteiger partial charge in [-0.1, -0.05) is 59.7 Å². The van der Waals surface area contributed by atoms with Crippen molar-refractivity contribution in [2.75, 3.05) is 0 Å². The van der Waals surface area contributed by atoms with E-state index in [0.29, 0.717) is 6.54 Å². The van der Waals surface area contributed by atoms with E-state index in [0.717, 1.165) is 21.1 Å². The summed E-state index contributed by atoms with van der Waals surface area (Å²) in [5.74, 6) is 0. The summed E-state index contributed by atoms with van der Waals surface area (Å²) in [6.45, 7) is 2.75. The Balaban J connectivity index is 2.00. The lowest BCUT2D eigenvalue weighted by Gasteiger charge is -2.09. The third-order valence-electron chi connectivity index (χ3n) is 2.62. The zero-order valence-electron chi connectivity index (χ0n) is 10.1. The Hall–Kier alpha value is -1.38. The van der Waals surface area contributed by atoms with Gasteiger partial charge >= 0.3 is 0 Å². The van der Waals surface area contributed by atoms with Crippen molar-refractivity contribution in [3.63, 3.8) is 0 Å². The van der Waals surface area contributed by atoms with Crippen LogP contribution >= 0.6 is 23.8 Å². The lowest BCUT2D eigenvalue weighted by molar-refractivity contribution is 0.928. The summed E-state index contributed by atoms with van der Waals surface area (Å²) in [7, 11) is 0.